The van der Waals surface area contributed by atoms with Crippen LogP contribution in [0.2, 0.25) is 0 Å². The first-order valence-electron chi connectivity index (χ1n) is 6.76. The van der Waals surface area contributed by atoms with Crippen LogP contribution in [-0.4, -0.2) is 24.5 Å². The molecule has 1 amide bonds. The number of nitrogens with zero attached hydrogens (tertiary/aromatic N) is 1. The van der Waals surface area contributed by atoms with Gasteiger partial charge in [-0.15, -0.1) is 0 Å². The predicted octanol–water partition coefficient (Wildman–Crippen LogP) is 1.45. The Bertz CT molecular complexity index is 587. The maximum Gasteiger partial charge on any atom is 0.229 e. The van der Waals surface area contributed by atoms with Gasteiger partial charge in [0.25, 0.3) is 0 Å². The molecule has 2 aromatic rings. The predicted molar refractivity (Wildman–Crippen MR) is 80.9 cm³/mol. The van der Waals surface area contributed by atoms with Gasteiger partial charge in [-0.2, -0.15) is 0 Å². The van der Waals surface area contributed by atoms with Crippen LogP contribution in [0.3, 0.4) is 0 Å². The monoisotopic (exact) mass is 285 g/mol. The van der Waals surface area contributed by atoms with Crippen LogP contribution in [0.25, 0.3) is 0 Å². The molecule has 1 atom stereocenters. The topological polar surface area (TPSA) is 77.2 Å². The van der Waals surface area contributed by atoms with Gasteiger partial charge in [-0.1, -0.05) is 30.3 Å². The summed E-state index contributed by atoms with van der Waals surface area (Å²) in [6.07, 6.45) is 1.65. The first-order valence-corrected chi connectivity index (χ1v) is 6.76. The first-order chi connectivity index (χ1) is 10.2. The second-order valence-electron chi connectivity index (χ2n) is 4.62. The lowest BCUT2D eigenvalue weighted by Crippen LogP contribution is -2.33. The number of ether oxygens (including phenoxy) is 1. The van der Waals surface area contributed by atoms with Gasteiger partial charge >= 0.3 is 0 Å². The van der Waals surface area contributed by atoms with Gasteiger partial charge in [-0.3, -0.25) is 4.79 Å². The highest BCUT2D eigenvalue weighted by Crippen LogP contribution is 2.15. The zero-order valence-corrected chi connectivity index (χ0v) is 12.0. The fraction of sp³-hybridized carbons (Fsp3) is 0.250. The van der Waals surface area contributed by atoms with E-state index in [4.69, 9.17) is 10.5 Å². The molecule has 1 aromatic heterocycles. The van der Waals surface area contributed by atoms with Crippen molar-refractivity contribution in [1.29, 1.82) is 0 Å². The minimum Gasteiger partial charge on any atom is -0.481 e. The molecule has 3 N–H and O–H groups in total. The Kier molecular flexibility index (Phi) is 5.29. The molecule has 0 aliphatic heterocycles. The lowest BCUT2D eigenvalue weighted by Gasteiger charge is -2.15. The van der Waals surface area contributed by atoms with Crippen molar-refractivity contribution >= 4 is 5.91 Å². The number of carbonyl (C=O) groups is 1. The summed E-state index contributed by atoms with van der Waals surface area (Å²) < 4.78 is 5.06. The highest BCUT2D eigenvalue weighted by Gasteiger charge is 2.18. The summed E-state index contributed by atoms with van der Waals surface area (Å²) in [5.41, 5.74) is 7.58. The van der Waals surface area contributed by atoms with E-state index in [-0.39, 0.29) is 18.4 Å². The van der Waals surface area contributed by atoms with E-state index in [0.29, 0.717) is 12.4 Å². The van der Waals surface area contributed by atoms with E-state index in [1.54, 1.807) is 19.4 Å². The zero-order chi connectivity index (χ0) is 15.1. The van der Waals surface area contributed by atoms with Crippen LogP contribution in [0.1, 0.15) is 17.0 Å². The van der Waals surface area contributed by atoms with Crippen LogP contribution in [0.15, 0.2) is 48.7 Å². The molecule has 110 valence electrons. The van der Waals surface area contributed by atoms with Gasteiger partial charge in [0.15, 0.2) is 0 Å². The molecule has 5 nitrogen and oxygen atoms in total. The van der Waals surface area contributed by atoms with E-state index >= 15 is 0 Å². The van der Waals surface area contributed by atoms with Gasteiger partial charge < -0.3 is 15.8 Å². The van der Waals surface area contributed by atoms with E-state index in [1.165, 1.54) is 0 Å². The number of amides is 1. The van der Waals surface area contributed by atoms with Crippen molar-refractivity contribution in [2.75, 3.05) is 13.7 Å². The third kappa shape index (κ3) is 4.03. The van der Waals surface area contributed by atoms with Gasteiger partial charge in [0.05, 0.1) is 13.0 Å². The molecule has 21 heavy (non-hydrogen) atoms. The Morgan fingerprint density at radius 1 is 1.33 bits per heavy atom. The van der Waals surface area contributed by atoms with Gasteiger partial charge in [-0.05, 0) is 17.2 Å². The summed E-state index contributed by atoms with van der Waals surface area (Å²) in [7, 11) is 1.56. The number of pyridine rings is 1. The molecule has 0 fully saturated rings. The van der Waals surface area contributed by atoms with Gasteiger partial charge in [0.2, 0.25) is 11.8 Å². The number of hydrogen-bond donors (Lipinski definition) is 2. The summed E-state index contributed by atoms with van der Waals surface area (Å²) in [6.45, 7) is 0.691. The maximum atomic E-state index is 12.3. The minimum atomic E-state index is -0.338. The van der Waals surface area contributed by atoms with Crippen LogP contribution in [0, 0.1) is 0 Å². The Balaban J connectivity index is 2.00. The minimum absolute atomic E-state index is 0.0838. The van der Waals surface area contributed by atoms with Crippen molar-refractivity contribution in [1.82, 2.24) is 10.3 Å². The Morgan fingerprint density at radius 2 is 2.10 bits per heavy atom. The maximum absolute atomic E-state index is 12.3. The fourth-order valence-corrected chi connectivity index (χ4v) is 2.06. The number of carbonyl (C=O) groups excluding carboxylic acids is 1. The van der Waals surface area contributed by atoms with Crippen molar-refractivity contribution < 1.29 is 9.53 Å². The Hall–Kier alpha value is -2.40. The van der Waals surface area contributed by atoms with Crippen molar-refractivity contribution in [2.45, 2.75) is 12.5 Å². The lowest BCUT2D eigenvalue weighted by molar-refractivity contribution is -0.122. The number of hydrogen-bond acceptors (Lipinski definition) is 4. The summed E-state index contributed by atoms with van der Waals surface area (Å²) >= 11 is 0. The molecule has 1 aromatic carbocycles. The van der Waals surface area contributed by atoms with Gasteiger partial charge in [0, 0.05) is 25.4 Å². The normalized spacial score (nSPS) is 11.7. The molecule has 5 heteroatoms. The summed E-state index contributed by atoms with van der Waals surface area (Å²) in [4.78, 5) is 16.3. The van der Waals surface area contributed by atoms with Gasteiger partial charge in [0.1, 0.15) is 0 Å². The molecule has 0 aliphatic rings. The molecule has 1 heterocycles. The molecule has 0 radical (unpaired) electrons. The molecule has 0 aliphatic carbocycles. The molecule has 0 saturated heterocycles. The molecule has 0 bridgehead atoms. The Morgan fingerprint density at radius 3 is 2.76 bits per heavy atom. The Labute approximate surface area is 124 Å². The first kappa shape index (κ1) is 15.0. The average molecular weight is 285 g/mol. The molecule has 1 unspecified atom stereocenters. The number of aromatic nitrogens is 1. The quantitative estimate of drug-likeness (QED) is 0.842. The van der Waals surface area contributed by atoms with Crippen LogP contribution < -0.4 is 15.8 Å². The van der Waals surface area contributed by atoms with Crippen LogP contribution in [0.4, 0.5) is 0 Å². The lowest BCUT2D eigenvalue weighted by atomic mass is 9.98. The molecule has 2 rings (SSSR count). The smallest absolute Gasteiger partial charge is 0.229 e. The van der Waals surface area contributed by atoms with Crippen LogP contribution in [0.5, 0.6) is 5.88 Å². The number of nitrogens with two attached hydrogens (primary N) is 1. The van der Waals surface area contributed by atoms with E-state index in [0.717, 1.165) is 11.1 Å². The van der Waals surface area contributed by atoms with Crippen molar-refractivity contribution in [2.24, 2.45) is 5.73 Å². The van der Waals surface area contributed by atoms with Crippen molar-refractivity contribution in [3.05, 3.63) is 59.8 Å². The van der Waals surface area contributed by atoms with Crippen molar-refractivity contribution in [3.8, 4) is 5.88 Å². The standard InChI is InChI=1S/C16H19N3O2/c1-21-15-9-12(7-8-18-15)11-19-16(20)14(10-17)13-5-3-2-4-6-13/h2-9,14H,10-11,17H2,1H3,(H,19,20). The number of methoxy groups -OCH3 is 1. The SMILES string of the molecule is COc1cc(CNC(=O)C(CN)c2ccccc2)ccn1. The highest BCUT2D eigenvalue weighted by atomic mass is 16.5. The number of benzene rings is 1. The third-order valence-corrected chi connectivity index (χ3v) is 3.23. The van der Waals surface area contributed by atoms with Crippen molar-refractivity contribution in [3.63, 3.8) is 0 Å². The second kappa shape index (κ2) is 7.40. The largest absolute Gasteiger partial charge is 0.481 e. The third-order valence-electron chi connectivity index (χ3n) is 3.23. The van der Waals surface area contributed by atoms with Gasteiger partial charge in [-0.25, -0.2) is 4.98 Å². The molecule has 0 saturated carbocycles. The highest BCUT2D eigenvalue weighted by molar-refractivity contribution is 5.83. The molecular formula is C16H19N3O2. The number of rotatable bonds is 6. The van der Waals surface area contributed by atoms with E-state index in [2.05, 4.69) is 10.3 Å². The average Bonchev–Trinajstić information content (AvgIpc) is 2.55. The second-order valence-corrected chi connectivity index (χ2v) is 4.62. The van der Waals surface area contributed by atoms with E-state index in [9.17, 15) is 4.79 Å². The summed E-state index contributed by atoms with van der Waals surface area (Å²) in [5.74, 6) is 0.106. The van der Waals surface area contributed by atoms with E-state index < -0.39 is 0 Å². The summed E-state index contributed by atoms with van der Waals surface area (Å²) in [5, 5.41) is 2.90. The molecule has 0 spiro atoms. The zero-order valence-electron chi connectivity index (χ0n) is 12.0. The van der Waals surface area contributed by atoms with Crippen LogP contribution in [-0.2, 0) is 11.3 Å². The van der Waals surface area contributed by atoms with E-state index in [1.807, 2.05) is 36.4 Å². The number of nitrogens with one attached hydrogen (secondary N) is 1. The summed E-state index contributed by atoms with van der Waals surface area (Å²) in [6, 6.07) is 13.2. The van der Waals surface area contributed by atoms with Crippen LogP contribution >= 0.6 is 0 Å². The molecular weight excluding hydrogens is 266 g/mol. The fourth-order valence-electron chi connectivity index (χ4n) is 2.06.